The van der Waals surface area contributed by atoms with E-state index in [1.165, 1.54) is 58.3 Å². The number of hydrogen-bond acceptors (Lipinski definition) is 2. The Morgan fingerprint density at radius 2 is 2.12 bits per heavy atom. The van der Waals surface area contributed by atoms with Crippen molar-refractivity contribution >= 4 is 0 Å². The van der Waals surface area contributed by atoms with Crippen molar-refractivity contribution < 1.29 is 0 Å². The molecule has 16 heavy (non-hydrogen) atoms. The zero-order chi connectivity index (χ0) is 11.4. The van der Waals surface area contributed by atoms with Crippen molar-refractivity contribution in [2.75, 3.05) is 26.2 Å². The maximum absolute atomic E-state index is 3.46. The van der Waals surface area contributed by atoms with Crippen LogP contribution in [0.5, 0.6) is 0 Å². The lowest BCUT2D eigenvalue weighted by Gasteiger charge is -2.38. The van der Waals surface area contributed by atoms with Crippen LogP contribution in [0.1, 0.15) is 46.0 Å². The molecule has 0 aliphatic carbocycles. The number of hydrogen-bond donors (Lipinski definition) is 1. The standard InChI is InChI=1S/C14H28N2/c1-12-5-3-9-16(13(12)2)10-4-6-14-7-8-15-11-14/h12-15H,3-11H2,1-2H3. The van der Waals surface area contributed by atoms with Crippen molar-refractivity contribution in [2.45, 2.75) is 52.0 Å². The van der Waals surface area contributed by atoms with E-state index >= 15 is 0 Å². The van der Waals surface area contributed by atoms with Crippen LogP contribution in [0.25, 0.3) is 0 Å². The van der Waals surface area contributed by atoms with E-state index in [2.05, 4.69) is 24.1 Å². The quantitative estimate of drug-likeness (QED) is 0.789. The lowest BCUT2D eigenvalue weighted by molar-refractivity contribution is 0.110. The fourth-order valence-electron chi connectivity index (χ4n) is 3.28. The summed E-state index contributed by atoms with van der Waals surface area (Å²) in [6, 6.07) is 0.815. The Hall–Kier alpha value is -0.0800. The van der Waals surface area contributed by atoms with E-state index in [4.69, 9.17) is 0 Å². The number of piperidine rings is 1. The molecule has 0 aromatic rings. The smallest absolute Gasteiger partial charge is 0.00925 e. The molecule has 0 saturated carbocycles. The van der Waals surface area contributed by atoms with Crippen LogP contribution in [0.3, 0.4) is 0 Å². The second-order valence-electron chi connectivity index (χ2n) is 5.90. The molecule has 2 rings (SSSR count). The third kappa shape index (κ3) is 3.21. The van der Waals surface area contributed by atoms with Gasteiger partial charge in [0.15, 0.2) is 0 Å². The van der Waals surface area contributed by atoms with Gasteiger partial charge in [0.05, 0.1) is 0 Å². The van der Waals surface area contributed by atoms with Crippen molar-refractivity contribution in [1.29, 1.82) is 0 Å². The predicted octanol–water partition coefficient (Wildman–Crippen LogP) is 2.50. The van der Waals surface area contributed by atoms with Gasteiger partial charge in [-0.1, -0.05) is 6.92 Å². The summed E-state index contributed by atoms with van der Waals surface area (Å²) in [4.78, 5) is 2.72. The Morgan fingerprint density at radius 3 is 2.88 bits per heavy atom. The zero-order valence-corrected chi connectivity index (χ0v) is 11.0. The second kappa shape index (κ2) is 6.02. The highest BCUT2D eigenvalue weighted by molar-refractivity contribution is 4.79. The second-order valence-corrected chi connectivity index (χ2v) is 5.90. The Morgan fingerprint density at radius 1 is 1.25 bits per heavy atom. The normalized spacial score (nSPS) is 36.8. The van der Waals surface area contributed by atoms with Gasteiger partial charge in [0.1, 0.15) is 0 Å². The highest BCUT2D eigenvalue weighted by Gasteiger charge is 2.24. The van der Waals surface area contributed by atoms with Crippen LogP contribution in [0.2, 0.25) is 0 Å². The molecule has 0 radical (unpaired) electrons. The Bertz CT molecular complexity index is 199. The van der Waals surface area contributed by atoms with Crippen molar-refractivity contribution in [2.24, 2.45) is 11.8 Å². The third-order valence-electron chi connectivity index (χ3n) is 4.72. The summed E-state index contributed by atoms with van der Waals surface area (Å²) in [6.07, 6.45) is 7.10. The van der Waals surface area contributed by atoms with E-state index in [0.717, 1.165) is 17.9 Å². The minimum absolute atomic E-state index is 0.815. The first-order valence-electron chi connectivity index (χ1n) is 7.22. The lowest BCUT2D eigenvalue weighted by Crippen LogP contribution is -2.42. The molecule has 2 aliphatic rings. The maximum Gasteiger partial charge on any atom is 0.00925 e. The first-order chi connectivity index (χ1) is 7.77. The summed E-state index contributed by atoms with van der Waals surface area (Å²) >= 11 is 0. The van der Waals surface area contributed by atoms with Crippen molar-refractivity contribution in [3.63, 3.8) is 0 Å². The van der Waals surface area contributed by atoms with Gasteiger partial charge in [-0.25, -0.2) is 0 Å². The van der Waals surface area contributed by atoms with Gasteiger partial charge in [-0.15, -0.1) is 0 Å². The van der Waals surface area contributed by atoms with Crippen LogP contribution in [0.4, 0.5) is 0 Å². The molecule has 3 atom stereocenters. The molecule has 2 nitrogen and oxygen atoms in total. The summed E-state index contributed by atoms with van der Waals surface area (Å²) in [6.45, 7) is 10.0. The lowest BCUT2D eigenvalue weighted by atomic mass is 9.91. The molecular weight excluding hydrogens is 196 g/mol. The largest absolute Gasteiger partial charge is 0.316 e. The molecule has 0 aromatic carbocycles. The summed E-state index contributed by atoms with van der Waals surface area (Å²) in [5, 5.41) is 3.46. The van der Waals surface area contributed by atoms with Gasteiger partial charge in [0, 0.05) is 6.04 Å². The molecule has 2 heterocycles. The minimum atomic E-state index is 0.815. The Labute approximate surface area is 101 Å². The third-order valence-corrected chi connectivity index (χ3v) is 4.72. The zero-order valence-electron chi connectivity index (χ0n) is 11.0. The van der Waals surface area contributed by atoms with E-state index in [-0.39, 0.29) is 0 Å². The van der Waals surface area contributed by atoms with Crippen LogP contribution < -0.4 is 5.32 Å². The van der Waals surface area contributed by atoms with E-state index in [0.29, 0.717) is 0 Å². The fraction of sp³-hybridized carbons (Fsp3) is 1.00. The predicted molar refractivity (Wildman–Crippen MR) is 69.6 cm³/mol. The highest BCUT2D eigenvalue weighted by Crippen LogP contribution is 2.23. The number of nitrogens with one attached hydrogen (secondary N) is 1. The van der Waals surface area contributed by atoms with Gasteiger partial charge >= 0.3 is 0 Å². The first-order valence-corrected chi connectivity index (χ1v) is 7.22. The summed E-state index contributed by atoms with van der Waals surface area (Å²) in [5.74, 6) is 1.87. The molecule has 0 bridgehead atoms. The van der Waals surface area contributed by atoms with E-state index < -0.39 is 0 Å². The van der Waals surface area contributed by atoms with Gasteiger partial charge in [0.2, 0.25) is 0 Å². The Balaban J connectivity index is 1.64. The molecule has 2 saturated heterocycles. The van der Waals surface area contributed by atoms with E-state index in [1.54, 1.807) is 0 Å². The van der Waals surface area contributed by atoms with Crippen molar-refractivity contribution in [1.82, 2.24) is 10.2 Å². The molecule has 0 aromatic heterocycles. The molecule has 94 valence electrons. The van der Waals surface area contributed by atoms with E-state index in [1.807, 2.05) is 0 Å². The molecule has 0 amide bonds. The molecule has 0 spiro atoms. The SMILES string of the molecule is CC1CCCN(CCCC2CCNC2)C1C. The average molecular weight is 224 g/mol. The van der Waals surface area contributed by atoms with Gasteiger partial charge < -0.3 is 10.2 Å². The maximum atomic E-state index is 3.46. The van der Waals surface area contributed by atoms with Gasteiger partial charge in [-0.3, -0.25) is 0 Å². The number of nitrogens with zero attached hydrogens (tertiary/aromatic N) is 1. The fourth-order valence-corrected chi connectivity index (χ4v) is 3.28. The molecule has 2 aliphatic heterocycles. The van der Waals surface area contributed by atoms with Crippen LogP contribution in [-0.4, -0.2) is 37.1 Å². The van der Waals surface area contributed by atoms with Crippen LogP contribution in [0.15, 0.2) is 0 Å². The van der Waals surface area contributed by atoms with Crippen molar-refractivity contribution in [3.05, 3.63) is 0 Å². The highest BCUT2D eigenvalue weighted by atomic mass is 15.2. The first kappa shape index (κ1) is 12.4. The monoisotopic (exact) mass is 224 g/mol. The summed E-state index contributed by atoms with van der Waals surface area (Å²) in [7, 11) is 0. The average Bonchev–Trinajstić information content (AvgIpc) is 2.77. The van der Waals surface area contributed by atoms with Gasteiger partial charge in [0.25, 0.3) is 0 Å². The summed E-state index contributed by atoms with van der Waals surface area (Å²) in [5.41, 5.74) is 0. The number of likely N-dealkylation sites (tertiary alicyclic amines) is 1. The molecule has 3 unspecified atom stereocenters. The molecular formula is C14H28N2. The van der Waals surface area contributed by atoms with Crippen LogP contribution >= 0.6 is 0 Å². The van der Waals surface area contributed by atoms with E-state index in [9.17, 15) is 0 Å². The Kier molecular flexibility index (Phi) is 4.66. The number of rotatable bonds is 4. The minimum Gasteiger partial charge on any atom is -0.316 e. The van der Waals surface area contributed by atoms with Crippen molar-refractivity contribution in [3.8, 4) is 0 Å². The molecule has 2 fully saturated rings. The van der Waals surface area contributed by atoms with Crippen LogP contribution in [-0.2, 0) is 0 Å². The molecule has 1 N–H and O–H groups in total. The topological polar surface area (TPSA) is 15.3 Å². The van der Waals surface area contributed by atoms with Crippen LogP contribution in [0, 0.1) is 11.8 Å². The molecule has 2 heteroatoms. The summed E-state index contributed by atoms with van der Waals surface area (Å²) < 4.78 is 0. The van der Waals surface area contributed by atoms with Gasteiger partial charge in [-0.05, 0) is 77.0 Å². The van der Waals surface area contributed by atoms with Gasteiger partial charge in [-0.2, -0.15) is 0 Å².